The number of benzene rings is 2. The number of hydrogen-bond donors (Lipinski definition) is 1. The van der Waals surface area contributed by atoms with Gasteiger partial charge in [-0.15, -0.1) is 0 Å². The summed E-state index contributed by atoms with van der Waals surface area (Å²) in [5.74, 6) is 1.24. The van der Waals surface area contributed by atoms with Crippen LogP contribution in [0.1, 0.15) is 55.5 Å². The van der Waals surface area contributed by atoms with Crippen LogP contribution in [-0.2, 0) is 5.41 Å². The molecule has 1 N–H and O–H groups in total. The maximum Gasteiger partial charge on any atom is 0.252 e. The molecule has 0 aliphatic heterocycles. The molecule has 1 aromatic heterocycles. The molecule has 1 atom stereocenters. The van der Waals surface area contributed by atoms with Crippen LogP contribution in [0.15, 0.2) is 53.1 Å². The van der Waals surface area contributed by atoms with E-state index in [1.165, 1.54) is 5.56 Å². The summed E-state index contributed by atoms with van der Waals surface area (Å²) in [6.07, 6.45) is 0. The van der Waals surface area contributed by atoms with Gasteiger partial charge in [-0.05, 0) is 36.1 Å². The molecule has 3 rings (SSSR count). The highest BCUT2D eigenvalue weighted by Crippen LogP contribution is 2.25. The van der Waals surface area contributed by atoms with Crippen molar-refractivity contribution in [2.24, 2.45) is 0 Å². The molecule has 146 valence electrons. The number of nitrogens with one attached hydrogen (secondary N) is 1. The highest BCUT2D eigenvalue weighted by Gasteiger charge is 2.19. The minimum atomic E-state index is -0.422. The van der Waals surface area contributed by atoms with Gasteiger partial charge in [-0.2, -0.15) is 4.98 Å². The van der Waals surface area contributed by atoms with Gasteiger partial charge in [0.2, 0.25) is 11.7 Å². The van der Waals surface area contributed by atoms with Gasteiger partial charge in [0, 0.05) is 11.1 Å². The third kappa shape index (κ3) is 4.39. The van der Waals surface area contributed by atoms with E-state index in [0.29, 0.717) is 23.0 Å². The molecule has 6 heteroatoms. The third-order valence-electron chi connectivity index (χ3n) is 4.50. The molecule has 2 aromatic carbocycles. The van der Waals surface area contributed by atoms with Crippen LogP contribution >= 0.6 is 0 Å². The fourth-order valence-electron chi connectivity index (χ4n) is 2.75. The van der Waals surface area contributed by atoms with Gasteiger partial charge in [-0.3, -0.25) is 4.79 Å². The van der Waals surface area contributed by atoms with Gasteiger partial charge in [0.05, 0.1) is 7.11 Å². The van der Waals surface area contributed by atoms with Crippen LogP contribution in [0.25, 0.3) is 11.4 Å². The van der Waals surface area contributed by atoms with Gasteiger partial charge in [0.15, 0.2) is 0 Å². The molecule has 0 fully saturated rings. The lowest BCUT2D eigenvalue weighted by molar-refractivity contribution is 0.0932. The number of nitrogens with zero attached hydrogens (tertiary/aromatic N) is 2. The molecular formula is C22H25N3O3. The fraction of sp³-hybridized carbons (Fsp3) is 0.318. The van der Waals surface area contributed by atoms with Gasteiger partial charge in [0.1, 0.15) is 11.8 Å². The SMILES string of the molecule is COc1cccc(C(=O)N[C@@H](C)c2nc(-c3ccc(C(C)(C)C)cc3)no2)c1. The molecule has 6 nitrogen and oxygen atoms in total. The van der Waals surface area contributed by atoms with Crippen molar-refractivity contribution in [2.75, 3.05) is 7.11 Å². The van der Waals surface area contributed by atoms with Gasteiger partial charge in [0.25, 0.3) is 5.91 Å². The molecule has 0 unspecified atom stereocenters. The Morgan fingerprint density at radius 1 is 1.14 bits per heavy atom. The van der Waals surface area contributed by atoms with Gasteiger partial charge in [-0.25, -0.2) is 0 Å². The van der Waals surface area contributed by atoms with Gasteiger partial charge >= 0.3 is 0 Å². The molecule has 0 aliphatic rings. The normalized spacial score (nSPS) is 12.5. The van der Waals surface area contributed by atoms with Crippen LogP contribution in [0.2, 0.25) is 0 Å². The zero-order chi connectivity index (χ0) is 20.3. The lowest BCUT2D eigenvalue weighted by atomic mass is 9.87. The Labute approximate surface area is 164 Å². The molecule has 3 aromatic rings. The predicted octanol–water partition coefficient (Wildman–Crippen LogP) is 4.53. The number of aromatic nitrogens is 2. The van der Waals surface area contributed by atoms with Crippen molar-refractivity contribution < 1.29 is 14.1 Å². The summed E-state index contributed by atoms with van der Waals surface area (Å²) in [5, 5.41) is 6.92. The van der Waals surface area contributed by atoms with E-state index in [0.717, 1.165) is 5.56 Å². The smallest absolute Gasteiger partial charge is 0.252 e. The molecule has 1 heterocycles. The minimum Gasteiger partial charge on any atom is -0.497 e. The van der Waals surface area contributed by atoms with Crippen molar-refractivity contribution in [1.82, 2.24) is 15.5 Å². The first-order valence-corrected chi connectivity index (χ1v) is 9.17. The van der Waals surface area contributed by atoms with Crippen molar-refractivity contribution in [1.29, 1.82) is 0 Å². The van der Waals surface area contributed by atoms with Gasteiger partial charge in [-0.1, -0.05) is 56.3 Å². The Morgan fingerprint density at radius 3 is 2.50 bits per heavy atom. The van der Waals surface area contributed by atoms with Crippen LogP contribution in [0, 0.1) is 0 Å². The maximum atomic E-state index is 12.4. The second kappa shape index (κ2) is 7.84. The van der Waals surface area contributed by atoms with Crippen LogP contribution in [0.4, 0.5) is 0 Å². The maximum absolute atomic E-state index is 12.4. The summed E-state index contributed by atoms with van der Waals surface area (Å²) in [4.78, 5) is 16.9. The average molecular weight is 379 g/mol. The fourth-order valence-corrected chi connectivity index (χ4v) is 2.75. The zero-order valence-electron chi connectivity index (χ0n) is 16.8. The first kappa shape index (κ1) is 19.6. The summed E-state index contributed by atoms with van der Waals surface area (Å²) in [6, 6.07) is 14.6. The number of rotatable bonds is 5. The molecule has 0 radical (unpaired) electrons. The van der Waals surface area contributed by atoms with Crippen LogP contribution in [0.3, 0.4) is 0 Å². The third-order valence-corrected chi connectivity index (χ3v) is 4.50. The van der Waals surface area contributed by atoms with E-state index in [-0.39, 0.29) is 11.3 Å². The monoisotopic (exact) mass is 379 g/mol. The molecule has 0 aliphatic carbocycles. The Bertz CT molecular complexity index is 956. The number of amides is 1. The predicted molar refractivity (Wildman–Crippen MR) is 107 cm³/mol. The van der Waals surface area contributed by atoms with E-state index in [2.05, 4.69) is 48.4 Å². The van der Waals surface area contributed by atoms with Crippen LogP contribution in [-0.4, -0.2) is 23.2 Å². The zero-order valence-corrected chi connectivity index (χ0v) is 16.8. The Morgan fingerprint density at radius 2 is 1.86 bits per heavy atom. The number of carbonyl (C=O) groups is 1. The molecule has 1 amide bonds. The summed E-state index contributed by atoms with van der Waals surface area (Å²) < 4.78 is 10.5. The van der Waals surface area contributed by atoms with E-state index in [1.54, 1.807) is 38.3 Å². The quantitative estimate of drug-likeness (QED) is 0.704. The topological polar surface area (TPSA) is 77.2 Å². The number of ether oxygens (including phenoxy) is 1. The standard InChI is InChI=1S/C22H25N3O3/c1-14(23-20(26)16-7-6-8-18(13-16)27-5)21-24-19(25-28-21)15-9-11-17(12-10-15)22(2,3)4/h6-14H,1-5H3,(H,23,26)/t14-/m0/s1. The van der Waals surface area contributed by atoms with E-state index in [4.69, 9.17) is 9.26 Å². The Kier molecular flexibility index (Phi) is 5.49. The minimum absolute atomic E-state index is 0.0832. The highest BCUT2D eigenvalue weighted by atomic mass is 16.5. The number of hydrogen-bond acceptors (Lipinski definition) is 5. The summed E-state index contributed by atoms with van der Waals surface area (Å²) >= 11 is 0. The van der Waals surface area contributed by atoms with E-state index in [9.17, 15) is 4.79 Å². The Balaban J connectivity index is 1.71. The second-order valence-electron chi connectivity index (χ2n) is 7.71. The number of carbonyl (C=O) groups excluding carboxylic acids is 1. The van der Waals surface area contributed by atoms with E-state index >= 15 is 0 Å². The van der Waals surface area contributed by atoms with Crippen molar-refractivity contribution in [3.8, 4) is 17.1 Å². The molecule has 0 bridgehead atoms. The summed E-state index contributed by atoms with van der Waals surface area (Å²) in [5.41, 5.74) is 2.69. The summed E-state index contributed by atoms with van der Waals surface area (Å²) in [7, 11) is 1.56. The molecular weight excluding hydrogens is 354 g/mol. The average Bonchev–Trinajstić information content (AvgIpc) is 3.18. The lowest BCUT2D eigenvalue weighted by Crippen LogP contribution is -2.26. The largest absolute Gasteiger partial charge is 0.497 e. The van der Waals surface area contributed by atoms with E-state index in [1.807, 2.05) is 12.1 Å². The summed E-state index contributed by atoms with van der Waals surface area (Å²) in [6.45, 7) is 8.31. The van der Waals surface area contributed by atoms with E-state index < -0.39 is 6.04 Å². The second-order valence-corrected chi connectivity index (χ2v) is 7.71. The molecule has 28 heavy (non-hydrogen) atoms. The number of methoxy groups -OCH3 is 1. The first-order chi connectivity index (χ1) is 13.3. The first-order valence-electron chi connectivity index (χ1n) is 9.17. The van der Waals surface area contributed by atoms with Crippen molar-refractivity contribution in [3.05, 3.63) is 65.5 Å². The van der Waals surface area contributed by atoms with Crippen molar-refractivity contribution in [3.63, 3.8) is 0 Å². The van der Waals surface area contributed by atoms with Crippen LogP contribution < -0.4 is 10.1 Å². The van der Waals surface area contributed by atoms with Gasteiger partial charge < -0.3 is 14.6 Å². The highest BCUT2D eigenvalue weighted by molar-refractivity contribution is 5.94. The molecule has 0 saturated carbocycles. The van der Waals surface area contributed by atoms with Crippen molar-refractivity contribution >= 4 is 5.91 Å². The molecule has 0 saturated heterocycles. The van der Waals surface area contributed by atoms with Crippen LogP contribution in [0.5, 0.6) is 5.75 Å². The lowest BCUT2D eigenvalue weighted by Gasteiger charge is -2.18. The van der Waals surface area contributed by atoms with Crippen molar-refractivity contribution in [2.45, 2.75) is 39.2 Å². The molecule has 0 spiro atoms. The Hall–Kier alpha value is -3.15.